The molecule has 1 atom stereocenters. The summed E-state index contributed by atoms with van der Waals surface area (Å²) in [5.74, 6) is 0.437. The summed E-state index contributed by atoms with van der Waals surface area (Å²) in [6.07, 6.45) is 3.95. The third kappa shape index (κ3) is 3.88. The second kappa shape index (κ2) is 8.29. The molecule has 4 rings (SSSR count). The van der Waals surface area contributed by atoms with Gasteiger partial charge < -0.3 is 10.6 Å². The molecule has 1 fully saturated rings. The zero-order valence-electron chi connectivity index (χ0n) is 15.7. The van der Waals surface area contributed by atoms with Crippen LogP contribution in [0, 0.1) is 0 Å². The Bertz CT molecular complexity index is 969. The quantitative estimate of drug-likeness (QED) is 0.693. The van der Waals surface area contributed by atoms with E-state index in [9.17, 15) is 4.79 Å². The number of rotatable bonds is 6. The third-order valence-corrected chi connectivity index (χ3v) is 5.60. The normalized spacial score (nSPS) is 16.8. The van der Waals surface area contributed by atoms with E-state index in [2.05, 4.69) is 11.1 Å². The molecular formula is C21H24ClN5O. The lowest BCUT2D eigenvalue weighted by Crippen LogP contribution is -2.28. The Morgan fingerprint density at radius 3 is 2.86 bits per heavy atom. The number of halogens is 1. The number of carbonyl (C=O) groups excluding carboxylic acids is 1. The summed E-state index contributed by atoms with van der Waals surface area (Å²) in [5, 5.41) is 6.56. The monoisotopic (exact) mass is 397 g/mol. The van der Waals surface area contributed by atoms with Crippen LogP contribution in [0.15, 0.2) is 42.6 Å². The minimum Gasteiger partial charge on any atom is -0.342 e. The molecule has 3 heterocycles. The highest BCUT2D eigenvalue weighted by Gasteiger charge is 2.30. The zero-order valence-corrected chi connectivity index (χ0v) is 16.5. The molecule has 28 heavy (non-hydrogen) atoms. The summed E-state index contributed by atoms with van der Waals surface area (Å²) in [6, 6.07) is 11.7. The van der Waals surface area contributed by atoms with Gasteiger partial charge in [-0.15, -0.1) is 0 Å². The number of fused-ring (bicyclic) bond motifs is 1. The van der Waals surface area contributed by atoms with E-state index in [1.807, 2.05) is 39.9 Å². The maximum absolute atomic E-state index is 12.7. The molecule has 1 amide bonds. The Morgan fingerprint density at radius 2 is 2.07 bits per heavy atom. The van der Waals surface area contributed by atoms with Crippen LogP contribution in [0.3, 0.4) is 0 Å². The summed E-state index contributed by atoms with van der Waals surface area (Å²) in [6.45, 7) is 2.65. The number of nitrogens with two attached hydrogens (primary N) is 1. The molecule has 0 radical (unpaired) electrons. The van der Waals surface area contributed by atoms with E-state index in [1.54, 1.807) is 6.20 Å². The van der Waals surface area contributed by atoms with Gasteiger partial charge >= 0.3 is 0 Å². The second-order valence-electron chi connectivity index (χ2n) is 7.22. The van der Waals surface area contributed by atoms with E-state index < -0.39 is 0 Å². The Morgan fingerprint density at radius 1 is 1.25 bits per heavy atom. The van der Waals surface area contributed by atoms with E-state index >= 15 is 0 Å². The molecule has 1 aromatic carbocycles. The number of pyridine rings is 1. The van der Waals surface area contributed by atoms with Crippen molar-refractivity contribution in [1.29, 1.82) is 0 Å². The lowest BCUT2D eigenvalue weighted by molar-refractivity contribution is -0.130. The lowest BCUT2D eigenvalue weighted by atomic mass is 10.0. The van der Waals surface area contributed by atoms with E-state index in [4.69, 9.17) is 22.4 Å². The van der Waals surface area contributed by atoms with E-state index in [0.29, 0.717) is 31.1 Å². The zero-order chi connectivity index (χ0) is 19.5. The highest BCUT2D eigenvalue weighted by Crippen LogP contribution is 2.31. The number of aryl methyl sites for hydroxylation is 1. The van der Waals surface area contributed by atoms with Crippen molar-refractivity contribution >= 4 is 28.5 Å². The first kappa shape index (κ1) is 18.9. The minimum atomic E-state index is 0.196. The number of hydrogen-bond acceptors (Lipinski definition) is 4. The molecule has 1 aliphatic heterocycles. The molecule has 146 valence electrons. The van der Waals surface area contributed by atoms with Crippen molar-refractivity contribution in [3.8, 4) is 0 Å². The fourth-order valence-corrected chi connectivity index (χ4v) is 4.01. The molecule has 6 nitrogen and oxygen atoms in total. The molecule has 1 saturated heterocycles. The first-order valence-corrected chi connectivity index (χ1v) is 10.1. The molecule has 0 unspecified atom stereocenters. The van der Waals surface area contributed by atoms with E-state index in [0.717, 1.165) is 41.7 Å². The highest BCUT2D eigenvalue weighted by molar-refractivity contribution is 6.30. The van der Waals surface area contributed by atoms with Gasteiger partial charge in [0.2, 0.25) is 5.91 Å². The predicted molar refractivity (Wildman–Crippen MR) is 110 cm³/mol. The minimum absolute atomic E-state index is 0.196. The Balaban J connectivity index is 1.43. The summed E-state index contributed by atoms with van der Waals surface area (Å²) < 4.78 is 1.88. The van der Waals surface area contributed by atoms with Gasteiger partial charge in [-0.3, -0.25) is 4.79 Å². The molecule has 0 bridgehead atoms. The van der Waals surface area contributed by atoms with Gasteiger partial charge in [-0.05, 0) is 42.7 Å². The van der Waals surface area contributed by atoms with Crippen LogP contribution >= 0.6 is 11.6 Å². The third-order valence-electron chi connectivity index (χ3n) is 5.34. The maximum Gasteiger partial charge on any atom is 0.222 e. The Kier molecular flexibility index (Phi) is 5.59. The number of carbonyl (C=O) groups is 1. The number of amides is 1. The highest BCUT2D eigenvalue weighted by atomic mass is 35.5. The Labute approximate surface area is 169 Å². The van der Waals surface area contributed by atoms with Crippen LogP contribution in [0.5, 0.6) is 0 Å². The van der Waals surface area contributed by atoms with Crippen LogP contribution in [0.4, 0.5) is 0 Å². The molecule has 1 aliphatic rings. The van der Waals surface area contributed by atoms with Crippen molar-refractivity contribution in [2.24, 2.45) is 5.73 Å². The van der Waals surface area contributed by atoms with Crippen molar-refractivity contribution in [3.05, 3.63) is 58.9 Å². The van der Waals surface area contributed by atoms with Crippen LogP contribution in [0.2, 0.25) is 5.02 Å². The second-order valence-corrected chi connectivity index (χ2v) is 7.66. The van der Waals surface area contributed by atoms with E-state index in [1.165, 1.54) is 0 Å². The summed E-state index contributed by atoms with van der Waals surface area (Å²) in [5.41, 5.74) is 8.75. The fourth-order valence-electron chi connectivity index (χ4n) is 3.88. The first-order valence-electron chi connectivity index (χ1n) is 9.69. The molecule has 2 aromatic heterocycles. The van der Waals surface area contributed by atoms with Gasteiger partial charge in [0.1, 0.15) is 0 Å². The van der Waals surface area contributed by atoms with Gasteiger partial charge in [-0.2, -0.15) is 5.10 Å². The first-order chi connectivity index (χ1) is 13.7. The molecule has 2 N–H and O–H groups in total. The van der Waals surface area contributed by atoms with Gasteiger partial charge in [0, 0.05) is 48.6 Å². The number of aromatic nitrogens is 3. The maximum atomic E-state index is 12.7. The smallest absolute Gasteiger partial charge is 0.222 e. The van der Waals surface area contributed by atoms with Gasteiger partial charge in [-0.1, -0.05) is 23.7 Å². The summed E-state index contributed by atoms with van der Waals surface area (Å²) in [7, 11) is 0. The lowest BCUT2D eigenvalue weighted by Gasteiger charge is -2.16. The molecule has 0 aliphatic carbocycles. The van der Waals surface area contributed by atoms with Gasteiger partial charge in [0.25, 0.3) is 0 Å². The van der Waals surface area contributed by atoms with Gasteiger partial charge in [0.05, 0.1) is 12.2 Å². The van der Waals surface area contributed by atoms with Crippen molar-refractivity contribution in [1.82, 2.24) is 19.7 Å². The van der Waals surface area contributed by atoms with Gasteiger partial charge in [0.15, 0.2) is 5.65 Å². The molecular weight excluding hydrogens is 374 g/mol. The molecule has 3 aromatic rings. The predicted octanol–water partition coefficient (Wildman–Crippen LogP) is 2.99. The number of hydrogen-bond donors (Lipinski definition) is 1. The van der Waals surface area contributed by atoms with Gasteiger partial charge in [-0.25, -0.2) is 9.67 Å². The van der Waals surface area contributed by atoms with Crippen molar-refractivity contribution in [2.75, 3.05) is 19.6 Å². The number of benzene rings is 1. The number of likely N-dealkylation sites (tertiary alicyclic amines) is 1. The summed E-state index contributed by atoms with van der Waals surface area (Å²) >= 11 is 5.92. The number of nitrogens with zero attached hydrogens (tertiary/aromatic N) is 4. The average Bonchev–Trinajstić information content (AvgIpc) is 3.33. The largest absolute Gasteiger partial charge is 0.342 e. The van der Waals surface area contributed by atoms with Crippen LogP contribution in [0.1, 0.15) is 30.0 Å². The van der Waals surface area contributed by atoms with Crippen molar-refractivity contribution in [3.63, 3.8) is 0 Å². The van der Waals surface area contributed by atoms with Crippen LogP contribution < -0.4 is 5.73 Å². The summed E-state index contributed by atoms with van der Waals surface area (Å²) in [4.78, 5) is 19.1. The Hall–Kier alpha value is -2.44. The van der Waals surface area contributed by atoms with Crippen LogP contribution in [-0.4, -0.2) is 45.2 Å². The molecule has 0 saturated carbocycles. The van der Waals surface area contributed by atoms with Crippen molar-refractivity contribution < 1.29 is 4.79 Å². The topological polar surface area (TPSA) is 77.0 Å². The SMILES string of the molecule is NCCn1nc([C@@H]2CCN(C(=O)CCc3ccc(Cl)cc3)C2)c2cccnc21. The average molecular weight is 398 g/mol. The molecule has 0 spiro atoms. The van der Waals surface area contributed by atoms with E-state index in [-0.39, 0.29) is 11.8 Å². The fraction of sp³-hybridized carbons (Fsp3) is 0.381. The molecule has 7 heteroatoms. The van der Waals surface area contributed by atoms with Crippen LogP contribution in [-0.2, 0) is 17.8 Å². The van der Waals surface area contributed by atoms with Crippen LogP contribution in [0.25, 0.3) is 11.0 Å². The van der Waals surface area contributed by atoms with Crippen molar-refractivity contribution in [2.45, 2.75) is 31.7 Å². The standard InChI is InChI=1S/C21H24ClN5O/c22-17-6-3-15(4-7-17)5-8-19(28)26-12-9-16(14-26)20-18-2-1-11-24-21(18)27(25-20)13-10-23/h1-4,6-7,11,16H,5,8-10,12-14,23H2/t16-/m1/s1.